The monoisotopic (exact) mass is 191 g/mol. The molecule has 2 aromatic rings. The Labute approximate surface area is 81.0 Å². The van der Waals surface area contributed by atoms with Crippen LogP contribution in [0.3, 0.4) is 0 Å². The molecule has 0 saturated carbocycles. The minimum atomic E-state index is -0.233. The molecule has 14 heavy (non-hydrogen) atoms. The predicted molar refractivity (Wildman–Crippen MR) is 52.7 cm³/mol. The van der Waals surface area contributed by atoms with Gasteiger partial charge in [0.05, 0.1) is 12.1 Å². The number of rotatable bonds is 2. The van der Waals surface area contributed by atoms with Gasteiger partial charge in [-0.2, -0.15) is 0 Å². The maximum Gasteiger partial charge on any atom is 0.139 e. The highest BCUT2D eigenvalue weighted by Crippen LogP contribution is 2.19. The van der Waals surface area contributed by atoms with Gasteiger partial charge in [-0.25, -0.2) is 4.39 Å². The van der Waals surface area contributed by atoms with E-state index < -0.39 is 0 Å². The van der Waals surface area contributed by atoms with Gasteiger partial charge >= 0.3 is 0 Å². The van der Waals surface area contributed by atoms with Gasteiger partial charge in [0.1, 0.15) is 12.1 Å². The molecular weight excluding hydrogens is 181 g/mol. The molecule has 0 aliphatic carbocycles. The number of aryl methyl sites for hydroxylation is 1. The molecule has 0 aliphatic heterocycles. The Morgan fingerprint density at radius 3 is 3.00 bits per heavy atom. The number of fused-ring (bicyclic) bond motifs is 1. The van der Waals surface area contributed by atoms with Crippen molar-refractivity contribution in [2.24, 2.45) is 0 Å². The zero-order valence-corrected chi connectivity index (χ0v) is 7.83. The number of carbonyl (C=O) groups is 1. The lowest BCUT2D eigenvalue weighted by Gasteiger charge is -2.01. The fourth-order valence-electron chi connectivity index (χ4n) is 1.57. The second-order valence-corrected chi connectivity index (χ2v) is 3.29. The standard InChI is InChI=1S/C11H10FNO/c1-8-6-9-2-3-13(4-5-14)11(9)7-10(8)12/h2-3,5-7H,4H2,1H3. The zero-order valence-electron chi connectivity index (χ0n) is 7.83. The molecule has 0 amide bonds. The lowest BCUT2D eigenvalue weighted by atomic mass is 10.2. The van der Waals surface area contributed by atoms with Crippen molar-refractivity contribution < 1.29 is 9.18 Å². The quantitative estimate of drug-likeness (QED) is 0.667. The molecule has 2 rings (SSSR count). The Morgan fingerprint density at radius 2 is 2.29 bits per heavy atom. The van der Waals surface area contributed by atoms with Crippen molar-refractivity contribution in [2.45, 2.75) is 13.5 Å². The number of aromatic nitrogens is 1. The third-order valence-electron chi connectivity index (χ3n) is 2.32. The second kappa shape index (κ2) is 3.25. The van der Waals surface area contributed by atoms with E-state index in [2.05, 4.69) is 0 Å². The molecule has 1 aromatic heterocycles. The van der Waals surface area contributed by atoms with E-state index in [4.69, 9.17) is 0 Å². The fraction of sp³-hybridized carbons (Fsp3) is 0.182. The molecule has 0 saturated heterocycles. The number of carbonyl (C=O) groups excluding carboxylic acids is 1. The van der Waals surface area contributed by atoms with E-state index >= 15 is 0 Å². The van der Waals surface area contributed by atoms with Crippen LogP contribution in [0.4, 0.5) is 4.39 Å². The SMILES string of the molecule is Cc1cc2ccn(CC=O)c2cc1F. The Bertz CT molecular complexity index is 487. The molecule has 0 fully saturated rings. The van der Waals surface area contributed by atoms with Crippen LogP contribution in [0.25, 0.3) is 10.9 Å². The summed E-state index contributed by atoms with van der Waals surface area (Å²) in [5.74, 6) is -0.233. The number of aldehydes is 1. The first-order valence-corrected chi connectivity index (χ1v) is 4.41. The van der Waals surface area contributed by atoms with E-state index in [-0.39, 0.29) is 12.4 Å². The largest absolute Gasteiger partial charge is 0.340 e. The highest BCUT2D eigenvalue weighted by molar-refractivity contribution is 5.81. The normalized spacial score (nSPS) is 10.7. The molecule has 72 valence electrons. The fourth-order valence-corrected chi connectivity index (χ4v) is 1.57. The molecule has 0 aliphatic rings. The van der Waals surface area contributed by atoms with Crippen LogP contribution in [0.15, 0.2) is 24.4 Å². The van der Waals surface area contributed by atoms with Crippen LogP contribution in [-0.4, -0.2) is 10.9 Å². The Kier molecular flexibility index (Phi) is 2.08. The van der Waals surface area contributed by atoms with Crippen molar-refractivity contribution >= 4 is 17.2 Å². The molecule has 1 aromatic carbocycles. The first kappa shape index (κ1) is 8.94. The Hall–Kier alpha value is -1.64. The minimum absolute atomic E-state index is 0.233. The van der Waals surface area contributed by atoms with Crippen LogP contribution in [0.5, 0.6) is 0 Å². The smallest absolute Gasteiger partial charge is 0.139 e. The van der Waals surface area contributed by atoms with Gasteiger partial charge in [-0.3, -0.25) is 0 Å². The van der Waals surface area contributed by atoms with Gasteiger partial charge in [-0.15, -0.1) is 0 Å². The highest BCUT2D eigenvalue weighted by Gasteiger charge is 2.04. The van der Waals surface area contributed by atoms with Crippen LogP contribution in [0, 0.1) is 12.7 Å². The van der Waals surface area contributed by atoms with Gasteiger partial charge in [0, 0.05) is 11.6 Å². The maximum atomic E-state index is 13.2. The molecule has 0 N–H and O–H groups in total. The number of halogens is 1. The number of nitrogens with zero attached hydrogens (tertiary/aromatic N) is 1. The summed E-state index contributed by atoms with van der Waals surface area (Å²) in [5, 5.41) is 0.964. The van der Waals surface area contributed by atoms with Gasteiger partial charge in [-0.1, -0.05) is 0 Å². The van der Waals surface area contributed by atoms with Crippen LogP contribution < -0.4 is 0 Å². The van der Waals surface area contributed by atoms with Gasteiger partial charge < -0.3 is 9.36 Å². The molecule has 0 atom stereocenters. The first-order chi connectivity index (χ1) is 6.72. The van der Waals surface area contributed by atoms with E-state index in [0.717, 1.165) is 17.2 Å². The summed E-state index contributed by atoms with van der Waals surface area (Å²) in [6, 6.07) is 5.13. The molecular formula is C11H10FNO. The zero-order chi connectivity index (χ0) is 10.1. The number of hydrogen-bond acceptors (Lipinski definition) is 1. The van der Waals surface area contributed by atoms with E-state index in [9.17, 15) is 9.18 Å². The van der Waals surface area contributed by atoms with Crippen molar-refractivity contribution in [3.63, 3.8) is 0 Å². The molecule has 1 heterocycles. The van der Waals surface area contributed by atoms with E-state index in [0.29, 0.717) is 5.56 Å². The summed E-state index contributed by atoms with van der Waals surface area (Å²) >= 11 is 0. The average molecular weight is 191 g/mol. The summed E-state index contributed by atoms with van der Waals surface area (Å²) in [4.78, 5) is 10.4. The molecule has 3 heteroatoms. The van der Waals surface area contributed by atoms with Crippen LogP contribution in [0.1, 0.15) is 5.56 Å². The number of benzene rings is 1. The topological polar surface area (TPSA) is 22.0 Å². The van der Waals surface area contributed by atoms with Crippen LogP contribution in [-0.2, 0) is 11.3 Å². The lowest BCUT2D eigenvalue weighted by Crippen LogP contribution is -1.96. The van der Waals surface area contributed by atoms with Gasteiger partial charge in [0.2, 0.25) is 0 Å². The summed E-state index contributed by atoms with van der Waals surface area (Å²) in [7, 11) is 0. The van der Waals surface area contributed by atoms with Crippen molar-refractivity contribution in [3.05, 3.63) is 35.8 Å². The van der Waals surface area contributed by atoms with Gasteiger partial charge in [-0.05, 0) is 30.7 Å². The first-order valence-electron chi connectivity index (χ1n) is 4.41. The molecule has 0 unspecified atom stereocenters. The third-order valence-corrected chi connectivity index (χ3v) is 2.32. The summed E-state index contributed by atoms with van der Waals surface area (Å²) in [5.41, 5.74) is 1.39. The summed E-state index contributed by atoms with van der Waals surface area (Å²) < 4.78 is 15.0. The van der Waals surface area contributed by atoms with Crippen molar-refractivity contribution in [3.8, 4) is 0 Å². The van der Waals surface area contributed by atoms with E-state index in [1.54, 1.807) is 23.8 Å². The summed E-state index contributed by atoms with van der Waals surface area (Å²) in [6.07, 6.45) is 2.59. The molecule has 0 radical (unpaired) electrons. The predicted octanol–water partition coefficient (Wildman–Crippen LogP) is 2.29. The Morgan fingerprint density at radius 1 is 1.50 bits per heavy atom. The van der Waals surface area contributed by atoms with Crippen LogP contribution in [0.2, 0.25) is 0 Å². The molecule has 0 spiro atoms. The Balaban J connectivity index is 2.67. The molecule has 2 nitrogen and oxygen atoms in total. The maximum absolute atomic E-state index is 13.2. The van der Waals surface area contributed by atoms with Gasteiger partial charge in [0.15, 0.2) is 0 Å². The van der Waals surface area contributed by atoms with Crippen molar-refractivity contribution in [1.29, 1.82) is 0 Å². The van der Waals surface area contributed by atoms with Gasteiger partial charge in [0.25, 0.3) is 0 Å². The van der Waals surface area contributed by atoms with Crippen molar-refractivity contribution in [1.82, 2.24) is 4.57 Å². The molecule has 0 bridgehead atoms. The number of hydrogen-bond donors (Lipinski definition) is 0. The second-order valence-electron chi connectivity index (χ2n) is 3.29. The minimum Gasteiger partial charge on any atom is -0.340 e. The van der Waals surface area contributed by atoms with Crippen molar-refractivity contribution in [2.75, 3.05) is 0 Å². The third kappa shape index (κ3) is 1.31. The summed E-state index contributed by atoms with van der Waals surface area (Å²) in [6.45, 7) is 2.00. The van der Waals surface area contributed by atoms with E-state index in [1.807, 2.05) is 6.07 Å². The lowest BCUT2D eigenvalue weighted by molar-refractivity contribution is -0.108. The average Bonchev–Trinajstić information content (AvgIpc) is 2.51. The van der Waals surface area contributed by atoms with E-state index in [1.165, 1.54) is 6.07 Å². The highest BCUT2D eigenvalue weighted by atomic mass is 19.1. The van der Waals surface area contributed by atoms with Crippen LogP contribution >= 0.6 is 0 Å².